The van der Waals surface area contributed by atoms with Gasteiger partial charge in [-0.3, -0.25) is 9.69 Å². The molecule has 1 aromatic heterocycles. The Bertz CT molecular complexity index is 629. The van der Waals surface area contributed by atoms with E-state index in [9.17, 15) is 9.59 Å². The number of nitrogens with zero attached hydrogens (tertiary/aromatic N) is 4. The minimum Gasteiger partial charge on any atom is -0.453 e. The van der Waals surface area contributed by atoms with E-state index in [1.165, 1.54) is 7.11 Å². The molecule has 3 rings (SSSR count). The molecular formula is C18H26N4O3. The maximum absolute atomic E-state index is 12.9. The van der Waals surface area contributed by atoms with Crippen LogP contribution in [-0.4, -0.2) is 72.7 Å². The maximum atomic E-state index is 12.9. The number of anilines is 1. The van der Waals surface area contributed by atoms with E-state index in [0.717, 1.165) is 37.3 Å². The molecule has 7 heteroatoms. The molecule has 0 radical (unpaired) electrons. The topological polar surface area (TPSA) is 66.0 Å². The molecule has 1 atom stereocenters. The first kappa shape index (κ1) is 17.5. The molecule has 2 aliphatic rings. The Kier molecular flexibility index (Phi) is 5.40. The lowest BCUT2D eigenvalue weighted by Crippen LogP contribution is -2.57. The number of piperazine rings is 1. The molecule has 0 saturated carbocycles. The van der Waals surface area contributed by atoms with Gasteiger partial charge in [-0.25, -0.2) is 9.78 Å². The van der Waals surface area contributed by atoms with Gasteiger partial charge < -0.3 is 14.5 Å². The molecule has 2 fully saturated rings. The van der Waals surface area contributed by atoms with Crippen molar-refractivity contribution in [2.45, 2.75) is 32.2 Å². The van der Waals surface area contributed by atoms with Crippen molar-refractivity contribution in [3.8, 4) is 0 Å². The van der Waals surface area contributed by atoms with Gasteiger partial charge >= 0.3 is 6.09 Å². The molecule has 0 spiro atoms. The zero-order valence-electron chi connectivity index (χ0n) is 15.0. The quantitative estimate of drug-likeness (QED) is 0.815. The molecule has 0 aromatic carbocycles. The number of hydrogen-bond acceptors (Lipinski definition) is 5. The zero-order valence-corrected chi connectivity index (χ0v) is 15.0. The van der Waals surface area contributed by atoms with Crippen molar-refractivity contribution in [3.05, 3.63) is 23.9 Å². The minimum absolute atomic E-state index is 0.0440. The summed E-state index contributed by atoms with van der Waals surface area (Å²) in [5.41, 5.74) is 1.14. The molecule has 2 aliphatic heterocycles. The number of ether oxygens (including phenoxy) is 1. The van der Waals surface area contributed by atoms with Crippen molar-refractivity contribution in [1.29, 1.82) is 0 Å². The summed E-state index contributed by atoms with van der Waals surface area (Å²) < 4.78 is 4.85. The maximum Gasteiger partial charge on any atom is 0.410 e. The number of carbonyl (C=O) groups is 2. The molecule has 0 aliphatic carbocycles. The summed E-state index contributed by atoms with van der Waals surface area (Å²) in [5, 5.41) is 0. The van der Waals surface area contributed by atoms with E-state index in [2.05, 4.69) is 22.9 Å². The molecule has 2 amide bonds. The van der Waals surface area contributed by atoms with Crippen molar-refractivity contribution in [3.63, 3.8) is 0 Å². The molecule has 3 heterocycles. The first-order valence-electron chi connectivity index (χ1n) is 8.91. The van der Waals surface area contributed by atoms with Crippen LogP contribution in [0.5, 0.6) is 0 Å². The molecule has 25 heavy (non-hydrogen) atoms. The Morgan fingerprint density at radius 2 is 1.92 bits per heavy atom. The fraction of sp³-hybridized carbons (Fsp3) is 0.611. The van der Waals surface area contributed by atoms with Gasteiger partial charge in [0.25, 0.3) is 0 Å². The van der Waals surface area contributed by atoms with E-state index in [1.807, 2.05) is 11.0 Å². The normalized spacial score (nSPS) is 21.2. The summed E-state index contributed by atoms with van der Waals surface area (Å²) >= 11 is 0. The number of likely N-dealkylation sites (tertiary alicyclic amines) is 1. The van der Waals surface area contributed by atoms with Crippen molar-refractivity contribution in [2.24, 2.45) is 0 Å². The molecule has 7 nitrogen and oxygen atoms in total. The Hall–Kier alpha value is -2.31. The number of pyridine rings is 1. The number of methoxy groups -OCH3 is 1. The summed E-state index contributed by atoms with van der Waals surface area (Å²) in [7, 11) is 1.37. The zero-order chi connectivity index (χ0) is 17.8. The van der Waals surface area contributed by atoms with Crippen molar-refractivity contribution < 1.29 is 14.3 Å². The highest BCUT2D eigenvalue weighted by Gasteiger charge is 2.36. The van der Waals surface area contributed by atoms with Gasteiger partial charge in [0.15, 0.2) is 0 Å². The van der Waals surface area contributed by atoms with Gasteiger partial charge in [-0.05, 0) is 37.8 Å². The van der Waals surface area contributed by atoms with Gasteiger partial charge in [0.1, 0.15) is 11.9 Å². The SMILES string of the molecule is COC(=O)N1CCCC[C@@H]1C(=O)N1CCN(c2ncccc2C)CC1. The van der Waals surface area contributed by atoms with Crippen LogP contribution >= 0.6 is 0 Å². The van der Waals surface area contributed by atoms with Gasteiger partial charge in [-0.1, -0.05) is 6.07 Å². The number of amides is 2. The van der Waals surface area contributed by atoms with E-state index in [0.29, 0.717) is 26.1 Å². The lowest BCUT2D eigenvalue weighted by Gasteiger charge is -2.40. The highest BCUT2D eigenvalue weighted by Crippen LogP contribution is 2.22. The van der Waals surface area contributed by atoms with Crippen LogP contribution in [0.3, 0.4) is 0 Å². The number of piperidine rings is 1. The molecule has 0 N–H and O–H groups in total. The smallest absolute Gasteiger partial charge is 0.410 e. The number of hydrogen-bond donors (Lipinski definition) is 0. The lowest BCUT2D eigenvalue weighted by molar-refractivity contribution is -0.137. The number of aryl methyl sites for hydroxylation is 1. The lowest BCUT2D eigenvalue weighted by atomic mass is 10.0. The van der Waals surface area contributed by atoms with Crippen LogP contribution in [0.2, 0.25) is 0 Å². The van der Waals surface area contributed by atoms with Gasteiger partial charge in [0, 0.05) is 38.9 Å². The number of aromatic nitrogens is 1. The largest absolute Gasteiger partial charge is 0.453 e. The second kappa shape index (κ2) is 7.72. The summed E-state index contributed by atoms with van der Waals surface area (Å²) in [4.78, 5) is 35.0. The predicted molar refractivity (Wildman–Crippen MR) is 94.5 cm³/mol. The second-order valence-electron chi connectivity index (χ2n) is 6.63. The Labute approximate surface area is 148 Å². The first-order valence-corrected chi connectivity index (χ1v) is 8.91. The van der Waals surface area contributed by atoms with Crippen LogP contribution in [0.4, 0.5) is 10.6 Å². The Morgan fingerprint density at radius 1 is 1.16 bits per heavy atom. The van der Waals surface area contributed by atoms with Gasteiger partial charge in [0.05, 0.1) is 7.11 Å². The summed E-state index contributed by atoms with van der Waals surface area (Å²) in [6, 6.07) is 3.60. The van der Waals surface area contributed by atoms with Crippen LogP contribution in [0.1, 0.15) is 24.8 Å². The molecule has 2 saturated heterocycles. The molecule has 0 bridgehead atoms. The Balaban J connectivity index is 1.63. The van der Waals surface area contributed by atoms with Crippen molar-refractivity contribution in [1.82, 2.24) is 14.8 Å². The number of carbonyl (C=O) groups excluding carboxylic acids is 2. The highest BCUT2D eigenvalue weighted by molar-refractivity contribution is 5.86. The van der Waals surface area contributed by atoms with Crippen LogP contribution in [0.25, 0.3) is 0 Å². The minimum atomic E-state index is -0.402. The van der Waals surface area contributed by atoms with Crippen LogP contribution < -0.4 is 4.90 Å². The summed E-state index contributed by atoms with van der Waals surface area (Å²) in [6.07, 6.45) is 4.01. The molecule has 1 aromatic rings. The average Bonchev–Trinajstić information content (AvgIpc) is 2.67. The van der Waals surface area contributed by atoms with E-state index in [-0.39, 0.29) is 11.9 Å². The van der Waals surface area contributed by atoms with Crippen LogP contribution in [0.15, 0.2) is 18.3 Å². The van der Waals surface area contributed by atoms with E-state index in [1.54, 1.807) is 11.1 Å². The van der Waals surface area contributed by atoms with Gasteiger partial charge in [0.2, 0.25) is 5.91 Å². The summed E-state index contributed by atoms with van der Waals surface area (Å²) in [6.45, 7) is 5.47. The van der Waals surface area contributed by atoms with E-state index >= 15 is 0 Å². The first-order chi connectivity index (χ1) is 12.1. The summed E-state index contributed by atoms with van der Waals surface area (Å²) in [5.74, 6) is 1.03. The third-order valence-electron chi connectivity index (χ3n) is 5.07. The van der Waals surface area contributed by atoms with Gasteiger partial charge in [-0.15, -0.1) is 0 Å². The Morgan fingerprint density at radius 3 is 2.60 bits per heavy atom. The molecule has 0 unspecified atom stereocenters. The van der Waals surface area contributed by atoms with Crippen LogP contribution in [0, 0.1) is 6.92 Å². The third kappa shape index (κ3) is 3.70. The van der Waals surface area contributed by atoms with E-state index < -0.39 is 6.09 Å². The van der Waals surface area contributed by atoms with Gasteiger partial charge in [-0.2, -0.15) is 0 Å². The number of rotatable bonds is 2. The van der Waals surface area contributed by atoms with Crippen LogP contribution in [-0.2, 0) is 9.53 Å². The third-order valence-corrected chi connectivity index (χ3v) is 5.07. The average molecular weight is 346 g/mol. The predicted octanol–water partition coefficient (Wildman–Crippen LogP) is 1.66. The van der Waals surface area contributed by atoms with Crippen molar-refractivity contribution in [2.75, 3.05) is 44.7 Å². The monoisotopic (exact) mass is 346 g/mol. The molecular weight excluding hydrogens is 320 g/mol. The second-order valence-corrected chi connectivity index (χ2v) is 6.63. The van der Waals surface area contributed by atoms with E-state index in [4.69, 9.17) is 4.74 Å². The fourth-order valence-electron chi connectivity index (χ4n) is 3.68. The molecule has 136 valence electrons. The highest BCUT2D eigenvalue weighted by atomic mass is 16.5. The standard InChI is InChI=1S/C18H26N4O3/c1-14-6-5-8-19-16(14)20-10-12-21(13-11-20)17(23)15-7-3-4-9-22(15)18(24)25-2/h5-6,8,15H,3-4,7,9-13H2,1-2H3/t15-/m1/s1. The van der Waals surface area contributed by atoms with Crippen molar-refractivity contribution >= 4 is 17.8 Å². The fourth-order valence-corrected chi connectivity index (χ4v) is 3.68.